The molecule has 0 amide bonds. The Morgan fingerprint density at radius 3 is 2.31 bits per heavy atom. The van der Waals surface area contributed by atoms with Crippen molar-refractivity contribution in [2.24, 2.45) is 0 Å². The van der Waals surface area contributed by atoms with Gasteiger partial charge in [-0.2, -0.15) is 22.6 Å². The quantitative estimate of drug-likeness (QED) is 0.249. The lowest BCUT2D eigenvalue weighted by atomic mass is 9.84. The van der Waals surface area contributed by atoms with Crippen LogP contribution >= 0.6 is 11.8 Å². The summed E-state index contributed by atoms with van der Waals surface area (Å²) in [6, 6.07) is 14.3. The molecule has 0 radical (unpaired) electrons. The number of nitrogens with zero attached hydrogens (tertiary/aromatic N) is 6. The molecule has 3 saturated heterocycles. The lowest BCUT2D eigenvalue weighted by molar-refractivity contribution is -0.139. The molecule has 15 heteroatoms. The second-order valence-corrected chi connectivity index (χ2v) is 18.6. The summed E-state index contributed by atoms with van der Waals surface area (Å²) in [7, 11) is -3.54. The third kappa shape index (κ3) is 9.20. The van der Waals surface area contributed by atoms with Gasteiger partial charge in [-0.1, -0.05) is 36.4 Å². The van der Waals surface area contributed by atoms with Gasteiger partial charge in [-0.25, -0.2) is 8.42 Å². The van der Waals surface area contributed by atoms with E-state index in [9.17, 15) is 31.8 Å². The molecule has 4 aliphatic heterocycles. The number of likely N-dealkylation sites (tertiary alicyclic amines) is 3. The van der Waals surface area contributed by atoms with Gasteiger partial charge >= 0.3 is 6.18 Å². The summed E-state index contributed by atoms with van der Waals surface area (Å²) in [6.45, 7) is 6.99. The standard InChI is InChI=1S/C39H53F3N6O4S2/c1-54(51,52)47-20-13-35-33(28-47)37(43-48(35)27-32(49)26-45-21-14-38(50,15-22-45)30-7-3-2-4-8-30)29-9-10-34(39(40,41)42)36(25-29)53-24-23-44-18-11-31(12-19-44)46-16-5-6-17-46/h2-4,7-10,25,31-32,49-50H,5-6,11-24,26-28H2,1H3. The number of hydrogen-bond acceptors (Lipinski definition) is 9. The van der Waals surface area contributed by atoms with Crippen LogP contribution in [0.15, 0.2) is 53.4 Å². The Morgan fingerprint density at radius 1 is 0.944 bits per heavy atom. The number of benzene rings is 2. The van der Waals surface area contributed by atoms with Crippen molar-refractivity contribution >= 4 is 21.8 Å². The number of thioether (sulfide) groups is 1. The molecular formula is C39H53F3N6O4S2. The van der Waals surface area contributed by atoms with Crippen LogP contribution in [0.25, 0.3) is 11.3 Å². The molecule has 7 rings (SSSR count). The van der Waals surface area contributed by atoms with E-state index in [1.54, 1.807) is 10.7 Å². The summed E-state index contributed by atoms with van der Waals surface area (Å²) in [5, 5.41) is 27.4. The number of halogens is 3. The topological polar surface area (TPSA) is 105 Å². The van der Waals surface area contributed by atoms with E-state index in [-0.39, 0.29) is 24.5 Å². The Balaban J connectivity index is 1.06. The first-order valence-electron chi connectivity index (χ1n) is 19.3. The van der Waals surface area contributed by atoms with Gasteiger partial charge in [-0.3, -0.25) is 4.68 Å². The van der Waals surface area contributed by atoms with Gasteiger partial charge < -0.3 is 24.9 Å². The Hall–Kier alpha value is -2.50. The second-order valence-electron chi connectivity index (χ2n) is 15.5. The highest BCUT2D eigenvalue weighted by atomic mass is 32.2. The molecule has 3 aromatic rings. The van der Waals surface area contributed by atoms with Crippen LogP contribution in [-0.2, 0) is 41.3 Å². The van der Waals surface area contributed by atoms with E-state index in [4.69, 9.17) is 5.10 Å². The third-order valence-electron chi connectivity index (χ3n) is 11.9. The Labute approximate surface area is 321 Å². The van der Waals surface area contributed by atoms with Crippen molar-refractivity contribution in [3.05, 3.63) is 70.9 Å². The lowest BCUT2D eigenvalue weighted by Gasteiger charge is -2.39. The highest BCUT2D eigenvalue weighted by Crippen LogP contribution is 2.41. The van der Waals surface area contributed by atoms with Gasteiger partial charge in [0.25, 0.3) is 0 Å². The van der Waals surface area contributed by atoms with Gasteiger partial charge in [-0.05, 0) is 82.4 Å². The van der Waals surface area contributed by atoms with Crippen LogP contribution in [0.5, 0.6) is 0 Å². The minimum absolute atomic E-state index is 0.0562. The lowest BCUT2D eigenvalue weighted by Crippen LogP contribution is -2.45. The molecule has 54 heavy (non-hydrogen) atoms. The zero-order valence-corrected chi connectivity index (χ0v) is 32.7. The molecule has 0 spiro atoms. The number of sulfonamides is 1. The van der Waals surface area contributed by atoms with Gasteiger partial charge in [0.05, 0.1) is 35.8 Å². The summed E-state index contributed by atoms with van der Waals surface area (Å²) in [5.74, 6) is 0.515. The van der Waals surface area contributed by atoms with Gasteiger partial charge in [0.15, 0.2) is 0 Å². The molecule has 4 aliphatic rings. The number of hydrogen-bond donors (Lipinski definition) is 2. The molecule has 2 N–H and O–H groups in total. The summed E-state index contributed by atoms with van der Waals surface area (Å²) in [6.07, 6.45) is 1.98. The molecular weight excluding hydrogens is 738 g/mol. The molecule has 0 saturated carbocycles. The second kappa shape index (κ2) is 16.5. The van der Waals surface area contributed by atoms with Gasteiger partial charge in [0.1, 0.15) is 0 Å². The van der Waals surface area contributed by atoms with E-state index in [1.165, 1.54) is 48.1 Å². The zero-order valence-electron chi connectivity index (χ0n) is 31.1. The van der Waals surface area contributed by atoms with Crippen molar-refractivity contribution in [2.75, 3.05) is 70.9 Å². The largest absolute Gasteiger partial charge is 0.417 e. The maximum atomic E-state index is 14.3. The van der Waals surface area contributed by atoms with Crippen molar-refractivity contribution in [1.82, 2.24) is 28.8 Å². The SMILES string of the molecule is CS(=O)(=O)N1CCc2c(c(-c3ccc(C(F)(F)F)c(SCCN4CCC(N5CCCC5)CC4)c3)nn2CC(O)CN2CCC(O)(c3ccccc3)CC2)C1. The fourth-order valence-corrected chi connectivity index (χ4v) is 10.7. The molecule has 1 aromatic heterocycles. The number of aliphatic hydroxyl groups excluding tert-OH is 1. The number of piperidine rings is 2. The van der Waals surface area contributed by atoms with Gasteiger partial charge in [-0.15, -0.1) is 11.8 Å². The number of fused-ring (bicyclic) bond motifs is 1. The average Bonchev–Trinajstić information content (AvgIpc) is 3.81. The van der Waals surface area contributed by atoms with Crippen LogP contribution < -0.4 is 0 Å². The van der Waals surface area contributed by atoms with Gasteiger partial charge in [0, 0.05) is 79.2 Å². The number of rotatable bonds is 12. The molecule has 5 heterocycles. The minimum atomic E-state index is -4.53. The molecule has 0 bridgehead atoms. The fraction of sp³-hybridized carbons (Fsp3) is 0.615. The van der Waals surface area contributed by atoms with E-state index in [0.29, 0.717) is 74.1 Å². The Morgan fingerprint density at radius 2 is 1.65 bits per heavy atom. The monoisotopic (exact) mass is 790 g/mol. The highest BCUT2D eigenvalue weighted by Gasteiger charge is 2.37. The molecule has 10 nitrogen and oxygen atoms in total. The highest BCUT2D eigenvalue weighted by molar-refractivity contribution is 7.99. The number of β-amino-alcohol motifs (C(OH)–C–C–N with tert-alkyl or cyclic N) is 1. The van der Waals surface area contributed by atoms with Gasteiger partial charge in [0.2, 0.25) is 10.0 Å². The molecule has 1 atom stereocenters. The van der Waals surface area contributed by atoms with E-state index in [2.05, 4.69) is 14.7 Å². The average molecular weight is 791 g/mol. The molecule has 1 unspecified atom stereocenters. The molecule has 3 fully saturated rings. The smallest absolute Gasteiger partial charge is 0.390 e. The van der Waals surface area contributed by atoms with Crippen LogP contribution in [0.3, 0.4) is 0 Å². The normalized spacial score (nSPS) is 21.7. The van der Waals surface area contributed by atoms with E-state index in [1.807, 2.05) is 30.3 Å². The van der Waals surface area contributed by atoms with E-state index < -0.39 is 33.5 Å². The summed E-state index contributed by atoms with van der Waals surface area (Å²) < 4.78 is 71.3. The predicted octanol–water partition coefficient (Wildman–Crippen LogP) is 4.88. The fourth-order valence-electron chi connectivity index (χ4n) is 8.75. The summed E-state index contributed by atoms with van der Waals surface area (Å²) in [4.78, 5) is 7.20. The Bertz CT molecular complexity index is 1840. The molecule has 0 aliphatic carbocycles. The first-order chi connectivity index (χ1) is 25.8. The van der Waals surface area contributed by atoms with Crippen molar-refractivity contribution < 1.29 is 31.8 Å². The molecule has 296 valence electrons. The number of alkyl halides is 3. The van der Waals surface area contributed by atoms with Crippen molar-refractivity contribution in [1.29, 1.82) is 0 Å². The summed E-state index contributed by atoms with van der Waals surface area (Å²) >= 11 is 1.20. The third-order valence-corrected chi connectivity index (χ3v) is 14.1. The van der Waals surface area contributed by atoms with Crippen LogP contribution in [0.4, 0.5) is 13.2 Å². The first kappa shape index (κ1) is 39.7. The van der Waals surface area contributed by atoms with Crippen LogP contribution in [0, 0.1) is 0 Å². The Kier molecular flexibility index (Phi) is 12.2. The van der Waals surface area contributed by atoms with Crippen molar-refractivity contribution in [2.45, 2.75) is 86.9 Å². The predicted molar refractivity (Wildman–Crippen MR) is 205 cm³/mol. The maximum Gasteiger partial charge on any atom is 0.417 e. The van der Waals surface area contributed by atoms with Crippen LogP contribution in [0.2, 0.25) is 0 Å². The first-order valence-corrected chi connectivity index (χ1v) is 22.1. The number of aromatic nitrogens is 2. The van der Waals surface area contributed by atoms with Crippen molar-refractivity contribution in [3.63, 3.8) is 0 Å². The van der Waals surface area contributed by atoms with E-state index >= 15 is 0 Å². The number of aliphatic hydroxyl groups is 2. The van der Waals surface area contributed by atoms with Crippen LogP contribution in [0.1, 0.15) is 60.9 Å². The summed E-state index contributed by atoms with van der Waals surface area (Å²) in [5.41, 5.74) is 1.67. The minimum Gasteiger partial charge on any atom is -0.390 e. The van der Waals surface area contributed by atoms with Crippen LogP contribution in [-0.4, -0.2) is 130 Å². The maximum absolute atomic E-state index is 14.3. The molecule has 2 aromatic carbocycles. The van der Waals surface area contributed by atoms with E-state index in [0.717, 1.165) is 49.5 Å². The van der Waals surface area contributed by atoms with Crippen molar-refractivity contribution in [3.8, 4) is 11.3 Å². The zero-order chi connectivity index (χ0) is 38.1.